The van der Waals surface area contributed by atoms with E-state index in [4.69, 9.17) is 9.26 Å². The van der Waals surface area contributed by atoms with E-state index in [0.29, 0.717) is 11.6 Å². The summed E-state index contributed by atoms with van der Waals surface area (Å²) < 4.78 is 10.4. The third-order valence-electron chi connectivity index (χ3n) is 4.45. The number of carbonyl (C=O) groups is 1. The second-order valence-corrected chi connectivity index (χ2v) is 6.57. The van der Waals surface area contributed by atoms with Gasteiger partial charge in [-0.15, -0.1) is 0 Å². The quantitative estimate of drug-likeness (QED) is 0.835. The number of amides is 1. The summed E-state index contributed by atoms with van der Waals surface area (Å²) in [6.07, 6.45) is 0.964. The van der Waals surface area contributed by atoms with Crippen LogP contribution in [0.1, 0.15) is 24.7 Å². The lowest BCUT2D eigenvalue weighted by Gasteiger charge is -2.29. The molecule has 1 saturated heterocycles. The topological polar surface area (TPSA) is 58.8 Å². The molecule has 1 atom stereocenters. The van der Waals surface area contributed by atoms with Crippen LogP contribution in [-0.4, -0.2) is 53.1 Å². The smallest absolute Gasteiger partial charge is 0.260 e. The van der Waals surface area contributed by atoms with Gasteiger partial charge in [0.25, 0.3) is 11.8 Å². The van der Waals surface area contributed by atoms with Crippen LogP contribution < -0.4 is 4.74 Å². The Hall–Kier alpha value is -2.34. The Morgan fingerprint density at radius 3 is 2.84 bits per heavy atom. The van der Waals surface area contributed by atoms with E-state index in [2.05, 4.69) is 41.2 Å². The molecule has 3 rings (SSSR count). The van der Waals surface area contributed by atoms with E-state index in [1.165, 1.54) is 5.56 Å². The Labute approximate surface area is 148 Å². The van der Waals surface area contributed by atoms with Gasteiger partial charge >= 0.3 is 0 Å². The standard InChI is InChI=1S/C19H25N3O3/c1-15-12-21(13-17-7-4-3-5-8-17)9-6-10-22(15)19(23)14-24-18-11-16(2)25-20-18/h3-5,7-8,11,15H,6,9-10,12-14H2,1-2H3. The maximum Gasteiger partial charge on any atom is 0.260 e. The summed E-state index contributed by atoms with van der Waals surface area (Å²) in [5.74, 6) is 1.02. The van der Waals surface area contributed by atoms with Crippen molar-refractivity contribution < 1.29 is 14.1 Å². The molecule has 1 aromatic carbocycles. The highest BCUT2D eigenvalue weighted by molar-refractivity contribution is 5.78. The minimum absolute atomic E-state index is 0.00489. The molecule has 2 heterocycles. The maximum atomic E-state index is 12.5. The Morgan fingerprint density at radius 1 is 1.32 bits per heavy atom. The molecule has 1 fully saturated rings. The summed E-state index contributed by atoms with van der Waals surface area (Å²) in [4.78, 5) is 16.9. The number of aromatic nitrogens is 1. The molecule has 1 aliphatic rings. The fourth-order valence-corrected chi connectivity index (χ4v) is 3.23. The monoisotopic (exact) mass is 343 g/mol. The maximum absolute atomic E-state index is 12.5. The first-order valence-electron chi connectivity index (χ1n) is 8.73. The summed E-state index contributed by atoms with van der Waals surface area (Å²) in [6.45, 7) is 7.42. The first-order chi connectivity index (χ1) is 12.1. The van der Waals surface area contributed by atoms with Crippen LogP contribution in [-0.2, 0) is 11.3 Å². The zero-order valence-corrected chi connectivity index (χ0v) is 14.9. The number of nitrogens with zero attached hydrogens (tertiary/aromatic N) is 3. The average molecular weight is 343 g/mol. The molecular formula is C19H25N3O3. The van der Waals surface area contributed by atoms with Crippen LogP contribution in [0.3, 0.4) is 0 Å². The third kappa shape index (κ3) is 4.82. The summed E-state index contributed by atoms with van der Waals surface area (Å²) >= 11 is 0. The number of aryl methyl sites for hydroxylation is 1. The van der Waals surface area contributed by atoms with Crippen LogP contribution >= 0.6 is 0 Å². The predicted molar refractivity (Wildman–Crippen MR) is 94.2 cm³/mol. The van der Waals surface area contributed by atoms with Gasteiger partial charge in [0, 0.05) is 38.3 Å². The van der Waals surface area contributed by atoms with E-state index in [1.54, 1.807) is 13.0 Å². The number of rotatable bonds is 5. The van der Waals surface area contributed by atoms with E-state index in [0.717, 1.165) is 32.6 Å². The molecule has 6 heteroatoms. The van der Waals surface area contributed by atoms with Gasteiger partial charge < -0.3 is 14.2 Å². The van der Waals surface area contributed by atoms with Crippen molar-refractivity contribution in [2.24, 2.45) is 0 Å². The molecule has 0 aliphatic carbocycles. The minimum Gasteiger partial charge on any atom is -0.465 e. The van der Waals surface area contributed by atoms with Crippen molar-refractivity contribution in [3.05, 3.63) is 47.7 Å². The van der Waals surface area contributed by atoms with Gasteiger partial charge in [0.2, 0.25) is 0 Å². The van der Waals surface area contributed by atoms with Crippen LogP contribution in [0.2, 0.25) is 0 Å². The molecule has 1 amide bonds. The second-order valence-electron chi connectivity index (χ2n) is 6.57. The predicted octanol–water partition coefficient (Wildman–Crippen LogP) is 2.48. The lowest BCUT2D eigenvalue weighted by atomic mass is 10.2. The highest BCUT2D eigenvalue weighted by Crippen LogP contribution is 2.15. The van der Waals surface area contributed by atoms with Gasteiger partial charge in [-0.25, -0.2) is 0 Å². The molecule has 25 heavy (non-hydrogen) atoms. The van der Waals surface area contributed by atoms with E-state index in [9.17, 15) is 4.79 Å². The molecule has 6 nitrogen and oxygen atoms in total. The number of hydrogen-bond donors (Lipinski definition) is 0. The van der Waals surface area contributed by atoms with Crippen LogP contribution in [0.15, 0.2) is 40.9 Å². The van der Waals surface area contributed by atoms with Crippen molar-refractivity contribution in [3.8, 4) is 5.88 Å². The minimum atomic E-state index is -0.00496. The largest absolute Gasteiger partial charge is 0.465 e. The Kier molecular flexibility index (Phi) is 5.71. The van der Waals surface area contributed by atoms with Gasteiger partial charge in [0.1, 0.15) is 5.76 Å². The summed E-state index contributed by atoms with van der Waals surface area (Å²) in [5, 5.41) is 3.75. The number of hydrogen-bond acceptors (Lipinski definition) is 5. The summed E-state index contributed by atoms with van der Waals surface area (Å²) in [6, 6.07) is 12.3. The Balaban J connectivity index is 1.53. The molecule has 134 valence electrons. The number of carbonyl (C=O) groups excluding carboxylic acids is 1. The van der Waals surface area contributed by atoms with Crippen molar-refractivity contribution in [3.63, 3.8) is 0 Å². The van der Waals surface area contributed by atoms with Crippen molar-refractivity contribution >= 4 is 5.91 Å². The molecule has 1 aliphatic heterocycles. The first kappa shape index (κ1) is 17.5. The SMILES string of the molecule is Cc1cc(OCC(=O)N2CCCN(Cc3ccccc3)CC2C)no1. The van der Waals surface area contributed by atoms with Gasteiger partial charge in [-0.2, -0.15) is 0 Å². The molecule has 0 saturated carbocycles. The van der Waals surface area contributed by atoms with Gasteiger partial charge in [0.05, 0.1) is 0 Å². The van der Waals surface area contributed by atoms with E-state index in [-0.39, 0.29) is 18.6 Å². The van der Waals surface area contributed by atoms with E-state index >= 15 is 0 Å². The van der Waals surface area contributed by atoms with E-state index < -0.39 is 0 Å². The number of ether oxygens (including phenoxy) is 1. The fraction of sp³-hybridized carbons (Fsp3) is 0.474. The summed E-state index contributed by atoms with van der Waals surface area (Å²) in [7, 11) is 0. The van der Waals surface area contributed by atoms with Gasteiger partial charge in [-0.05, 0) is 31.0 Å². The van der Waals surface area contributed by atoms with Gasteiger partial charge in [-0.1, -0.05) is 30.3 Å². The molecule has 0 N–H and O–H groups in total. The van der Waals surface area contributed by atoms with Crippen LogP contribution in [0.4, 0.5) is 0 Å². The molecule has 0 radical (unpaired) electrons. The Morgan fingerprint density at radius 2 is 2.12 bits per heavy atom. The highest BCUT2D eigenvalue weighted by Gasteiger charge is 2.25. The van der Waals surface area contributed by atoms with Crippen molar-refractivity contribution in [2.75, 3.05) is 26.2 Å². The fourth-order valence-electron chi connectivity index (χ4n) is 3.23. The van der Waals surface area contributed by atoms with Gasteiger partial charge in [-0.3, -0.25) is 9.69 Å². The number of benzene rings is 1. The first-order valence-corrected chi connectivity index (χ1v) is 8.73. The lowest BCUT2D eigenvalue weighted by Crippen LogP contribution is -2.44. The Bertz CT molecular complexity index is 686. The molecule has 0 bridgehead atoms. The highest BCUT2D eigenvalue weighted by atomic mass is 16.5. The summed E-state index contributed by atoms with van der Waals surface area (Å²) in [5.41, 5.74) is 1.30. The molecule has 1 unspecified atom stereocenters. The van der Waals surface area contributed by atoms with Gasteiger partial charge in [0.15, 0.2) is 6.61 Å². The zero-order valence-electron chi connectivity index (χ0n) is 14.9. The normalized spacial score (nSPS) is 18.8. The second kappa shape index (κ2) is 8.16. The molecular weight excluding hydrogens is 318 g/mol. The van der Waals surface area contributed by atoms with E-state index in [1.807, 2.05) is 11.0 Å². The third-order valence-corrected chi connectivity index (χ3v) is 4.45. The molecule has 1 aromatic heterocycles. The molecule has 0 spiro atoms. The van der Waals surface area contributed by atoms with Crippen molar-refractivity contribution in [1.29, 1.82) is 0 Å². The van der Waals surface area contributed by atoms with Crippen molar-refractivity contribution in [1.82, 2.24) is 15.0 Å². The molecule has 2 aromatic rings. The van der Waals surface area contributed by atoms with Crippen LogP contribution in [0.5, 0.6) is 5.88 Å². The van der Waals surface area contributed by atoms with Crippen LogP contribution in [0, 0.1) is 6.92 Å². The van der Waals surface area contributed by atoms with Crippen LogP contribution in [0.25, 0.3) is 0 Å². The average Bonchev–Trinajstić information content (AvgIpc) is 2.93. The lowest BCUT2D eigenvalue weighted by molar-refractivity contribution is -0.135. The van der Waals surface area contributed by atoms with Crippen molar-refractivity contribution in [2.45, 2.75) is 32.9 Å². The zero-order chi connectivity index (χ0) is 17.6.